The molecule has 0 aromatic heterocycles. The Morgan fingerprint density at radius 3 is 1.74 bits per heavy atom. The molecule has 1 heterocycles. The fourth-order valence-electron chi connectivity index (χ4n) is 5.62. The monoisotopic (exact) mass is 488 g/mol. The van der Waals surface area contributed by atoms with E-state index in [-0.39, 0.29) is 0 Å². The van der Waals surface area contributed by atoms with Gasteiger partial charge in [-0.05, 0) is 92.0 Å². The molecule has 35 heavy (non-hydrogen) atoms. The normalized spacial score (nSPS) is 16.5. The molecule has 0 spiro atoms. The second-order valence-electron chi connectivity index (χ2n) is 12.0. The number of hydrogen-bond donors (Lipinski definition) is 0. The van der Waals surface area contributed by atoms with Crippen LogP contribution in [-0.2, 0) is 6.42 Å². The maximum atomic E-state index is 6.06. The van der Waals surface area contributed by atoms with Crippen LogP contribution in [0.2, 0.25) is 0 Å². The summed E-state index contributed by atoms with van der Waals surface area (Å²) in [7, 11) is 0. The van der Waals surface area contributed by atoms with Gasteiger partial charge in [0.2, 0.25) is 0 Å². The molecule has 0 aliphatic carbocycles. The van der Waals surface area contributed by atoms with E-state index in [1.165, 1.54) is 91.4 Å². The first-order chi connectivity index (χ1) is 16.5. The molecule has 1 nitrogen and oxygen atoms in total. The van der Waals surface area contributed by atoms with Gasteiger partial charge in [-0.25, -0.2) is 0 Å². The van der Waals surface area contributed by atoms with Gasteiger partial charge in [0.05, 0.1) is 6.10 Å². The highest BCUT2D eigenvalue weighted by molar-refractivity contribution is 5.56. The zero-order chi connectivity index (χ0) is 27.1. The highest BCUT2D eigenvalue weighted by Crippen LogP contribution is 2.40. The van der Waals surface area contributed by atoms with Gasteiger partial charge in [0.15, 0.2) is 0 Å². The summed E-state index contributed by atoms with van der Waals surface area (Å²) in [4.78, 5) is 0. The van der Waals surface area contributed by atoms with E-state index in [2.05, 4.69) is 76.2 Å². The summed E-state index contributed by atoms with van der Waals surface area (Å²) in [5, 5.41) is 0. The summed E-state index contributed by atoms with van der Waals surface area (Å²) in [5.74, 6) is 4.55. The molecule has 0 N–H and O–H groups in total. The third kappa shape index (κ3) is 12.2. The van der Waals surface area contributed by atoms with Gasteiger partial charge in [-0.1, -0.05) is 114 Å². The Morgan fingerprint density at radius 2 is 1.26 bits per heavy atom. The molecule has 3 unspecified atom stereocenters. The van der Waals surface area contributed by atoms with E-state index in [0.29, 0.717) is 12.0 Å². The molecule has 0 bridgehead atoms. The summed E-state index contributed by atoms with van der Waals surface area (Å²) in [6.07, 6.45) is 14.1. The minimum absolute atomic E-state index is 0.366. The number of rotatable bonds is 11. The van der Waals surface area contributed by atoms with Crippen molar-refractivity contribution in [3.05, 3.63) is 27.8 Å². The van der Waals surface area contributed by atoms with Crippen molar-refractivity contribution in [3.8, 4) is 5.75 Å². The Bertz CT molecular complexity index is 685. The molecule has 0 saturated heterocycles. The van der Waals surface area contributed by atoms with Crippen molar-refractivity contribution in [2.24, 2.45) is 17.8 Å². The van der Waals surface area contributed by atoms with Crippen molar-refractivity contribution < 1.29 is 4.74 Å². The van der Waals surface area contributed by atoms with Crippen LogP contribution in [0.1, 0.15) is 161 Å². The smallest absolute Gasteiger partial charge is 0.126 e. The lowest BCUT2D eigenvalue weighted by molar-refractivity contribution is 0.190. The molecule has 0 fully saturated rings. The van der Waals surface area contributed by atoms with Gasteiger partial charge >= 0.3 is 0 Å². The van der Waals surface area contributed by atoms with E-state index in [1.54, 1.807) is 0 Å². The maximum Gasteiger partial charge on any atom is 0.126 e. The lowest BCUT2D eigenvalue weighted by atomic mass is 9.84. The number of benzene rings is 1. The average molecular weight is 489 g/mol. The fourth-order valence-corrected chi connectivity index (χ4v) is 5.62. The Morgan fingerprint density at radius 1 is 0.743 bits per heavy atom. The summed E-state index contributed by atoms with van der Waals surface area (Å²) in [5.41, 5.74) is 7.21. The van der Waals surface area contributed by atoms with Gasteiger partial charge in [-0.15, -0.1) is 0 Å². The van der Waals surface area contributed by atoms with Crippen LogP contribution >= 0.6 is 0 Å². The molecule has 1 aliphatic rings. The minimum atomic E-state index is 0.366. The van der Waals surface area contributed by atoms with Gasteiger partial charge in [0.1, 0.15) is 5.75 Å². The van der Waals surface area contributed by atoms with Crippen LogP contribution in [0, 0.1) is 38.5 Å². The standard InChI is InChI=1S/C16H24O.C16H34.C2H6/c1-9(2)15-11(4)12(5)16-14(13(15)6)8-7-10(3)17-16;1-6-9-15(4)12-8-13-16(5)11-7-10-14(2)3;1-2/h9-10H,7-8H2,1-6H3;14-16H,6-13H2,1-5H3;1-2H3. The van der Waals surface area contributed by atoms with E-state index in [1.807, 2.05) is 13.8 Å². The van der Waals surface area contributed by atoms with Gasteiger partial charge in [0, 0.05) is 0 Å². The zero-order valence-corrected chi connectivity index (χ0v) is 26.4. The highest BCUT2D eigenvalue weighted by Gasteiger charge is 2.24. The minimum Gasteiger partial charge on any atom is -0.490 e. The zero-order valence-electron chi connectivity index (χ0n) is 26.4. The summed E-state index contributed by atoms with van der Waals surface area (Å²) < 4.78 is 6.06. The quantitative estimate of drug-likeness (QED) is 0.301. The third-order valence-electron chi connectivity index (χ3n) is 7.79. The fraction of sp³-hybridized carbons (Fsp3) is 0.824. The topological polar surface area (TPSA) is 9.23 Å². The molecule has 3 atom stereocenters. The molecule has 0 amide bonds. The Labute approximate surface area is 222 Å². The molecule has 0 radical (unpaired) electrons. The van der Waals surface area contributed by atoms with Crippen LogP contribution in [0.3, 0.4) is 0 Å². The van der Waals surface area contributed by atoms with E-state index < -0.39 is 0 Å². The Kier molecular flexibility index (Phi) is 17.8. The predicted molar refractivity (Wildman–Crippen MR) is 160 cm³/mol. The van der Waals surface area contributed by atoms with Crippen LogP contribution in [-0.4, -0.2) is 6.10 Å². The van der Waals surface area contributed by atoms with E-state index in [9.17, 15) is 0 Å². The Balaban J connectivity index is 0.000000619. The van der Waals surface area contributed by atoms with E-state index >= 15 is 0 Å². The summed E-state index contributed by atoms with van der Waals surface area (Å²) >= 11 is 0. The van der Waals surface area contributed by atoms with Gasteiger partial charge in [-0.2, -0.15) is 0 Å². The third-order valence-corrected chi connectivity index (χ3v) is 7.79. The molecule has 206 valence electrons. The van der Waals surface area contributed by atoms with Crippen molar-refractivity contribution in [2.75, 3.05) is 0 Å². The first kappa shape index (κ1) is 34.0. The lowest BCUT2D eigenvalue weighted by Crippen LogP contribution is -2.22. The second kappa shape index (κ2) is 18.3. The van der Waals surface area contributed by atoms with Crippen LogP contribution in [0.5, 0.6) is 5.75 Å². The molecule has 2 rings (SSSR count). The first-order valence-electron chi connectivity index (χ1n) is 15.3. The number of fused-ring (bicyclic) bond motifs is 1. The van der Waals surface area contributed by atoms with Crippen LogP contribution in [0.4, 0.5) is 0 Å². The second-order valence-corrected chi connectivity index (χ2v) is 12.0. The van der Waals surface area contributed by atoms with Crippen LogP contribution in [0.25, 0.3) is 0 Å². The number of ether oxygens (including phenoxy) is 1. The lowest BCUT2D eigenvalue weighted by Gasteiger charge is -2.30. The van der Waals surface area contributed by atoms with Gasteiger partial charge in [-0.3, -0.25) is 0 Å². The van der Waals surface area contributed by atoms with Crippen molar-refractivity contribution in [3.63, 3.8) is 0 Å². The first-order valence-corrected chi connectivity index (χ1v) is 15.3. The summed E-state index contributed by atoms with van der Waals surface area (Å²) in [6.45, 7) is 29.2. The number of hydrogen-bond acceptors (Lipinski definition) is 1. The average Bonchev–Trinajstić information content (AvgIpc) is 2.79. The maximum absolute atomic E-state index is 6.06. The molecular formula is C34H64O. The predicted octanol–water partition coefficient (Wildman–Crippen LogP) is 11.5. The van der Waals surface area contributed by atoms with Crippen LogP contribution in [0.15, 0.2) is 0 Å². The van der Waals surface area contributed by atoms with Crippen molar-refractivity contribution >= 4 is 0 Å². The highest BCUT2D eigenvalue weighted by atomic mass is 16.5. The summed E-state index contributed by atoms with van der Waals surface area (Å²) in [6, 6.07) is 0. The largest absolute Gasteiger partial charge is 0.490 e. The molecule has 0 saturated carbocycles. The molecule has 1 aromatic rings. The van der Waals surface area contributed by atoms with Crippen molar-refractivity contribution in [1.29, 1.82) is 0 Å². The SMILES string of the molecule is CC.CCCC(C)CCCC(C)CCCC(C)C.Cc1c(C)c(C(C)C)c(C)c2c1OC(C)CC2. The van der Waals surface area contributed by atoms with Crippen molar-refractivity contribution in [1.82, 2.24) is 0 Å². The molecule has 1 aromatic carbocycles. The Hall–Kier alpha value is -0.980. The van der Waals surface area contributed by atoms with E-state index in [0.717, 1.165) is 24.2 Å². The van der Waals surface area contributed by atoms with Crippen LogP contribution < -0.4 is 4.74 Å². The molecular weight excluding hydrogens is 424 g/mol. The van der Waals surface area contributed by atoms with Gasteiger partial charge in [0.25, 0.3) is 0 Å². The molecule has 1 aliphatic heterocycles. The van der Waals surface area contributed by atoms with Crippen molar-refractivity contribution in [2.45, 2.75) is 166 Å². The molecule has 1 heteroatoms. The van der Waals surface area contributed by atoms with Gasteiger partial charge < -0.3 is 4.74 Å². The van der Waals surface area contributed by atoms with E-state index in [4.69, 9.17) is 4.74 Å².